The molecule has 0 bridgehead atoms. The summed E-state index contributed by atoms with van der Waals surface area (Å²) in [5.41, 5.74) is 7.62. The first-order valence-electron chi connectivity index (χ1n) is 4.89. The molecule has 1 unspecified atom stereocenters. The molecular weight excluding hydrogens is 176 g/mol. The maximum atomic E-state index is 5.70. The van der Waals surface area contributed by atoms with Crippen molar-refractivity contribution in [2.45, 2.75) is 18.9 Å². The van der Waals surface area contributed by atoms with Gasteiger partial charge in [-0.05, 0) is 31.5 Å². The summed E-state index contributed by atoms with van der Waals surface area (Å²) in [5, 5.41) is 3.45. The van der Waals surface area contributed by atoms with Gasteiger partial charge in [-0.25, -0.2) is 0 Å². The van der Waals surface area contributed by atoms with E-state index >= 15 is 0 Å². The van der Waals surface area contributed by atoms with E-state index in [0.29, 0.717) is 0 Å². The minimum absolute atomic E-state index is 0.0633. The van der Waals surface area contributed by atoms with Gasteiger partial charge < -0.3 is 15.8 Å². The number of benzene rings is 1. The van der Waals surface area contributed by atoms with Gasteiger partial charge in [-0.15, -0.1) is 0 Å². The van der Waals surface area contributed by atoms with Gasteiger partial charge in [0.25, 0.3) is 0 Å². The van der Waals surface area contributed by atoms with Crippen LogP contribution in [0.3, 0.4) is 0 Å². The molecule has 0 aliphatic carbocycles. The topological polar surface area (TPSA) is 47.3 Å². The molecule has 1 aliphatic heterocycles. The minimum Gasteiger partial charge on any atom is -0.399 e. The summed E-state index contributed by atoms with van der Waals surface area (Å²) in [6, 6.07) is 7.82. The first-order valence-corrected chi connectivity index (χ1v) is 4.89. The van der Waals surface area contributed by atoms with Gasteiger partial charge in [-0.2, -0.15) is 0 Å². The van der Waals surface area contributed by atoms with E-state index in [1.165, 1.54) is 0 Å². The zero-order chi connectivity index (χ0) is 10.0. The lowest BCUT2D eigenvalue weighted by Gasteiger charge is -2.25. The van der Waals surface area contributed by atoms with Crippen molar-refractivity contribution in [1.29, 1.82) is 0 Å². The zero-order valence-corrected chi connectivity index (χ0v) is 8.42. The second kappa shape index (κ2) is 3.50. The smallest absolute Gasteiger partial charge is 0.0694 e. The molecule has 1 saturated heterocycles. The molecule has 3 N–H and O–H groups in total. The average molecular weight is 192 g/mol. The van der Waals surface area contributed by atoms with Gasteiger partial charge in [0.15, 0.2) is 0 Å². The number of hydrogen-bond donors (Lipinski definition) is 2. The number of rotatable bonds is 2. The predicted molar refractivity (Wildman–Crippen MR) is 58.3 cm³/mol. The fraction of sp³-hybridized carbons (Fsp3) is 0.455. The van der Waals surface area contributed by atoms with Gasteiger partial charge in [0.05, 0.1) is 12.1 Å². The van der Waals surface area contributed by atoms with Crippen LogP contribution in [0.25, 0.3) is 0 Å². The zero-order valence-electron chi connectivity index (χ0n) is 8.42. The number of anilines is 2. The lowest BCUT2D eigenvalue weighted by Crippen LogP contribution is -2.34. The molecule has 1 fully saturated rings. The van der Waals surface area contributed by atoms with Crippen LogP contribution >= 0.6 is 0 Å². The Morgan fingerprint density at radius 1 is 1.50 bits per heavy atom. The van der Waals surface area contributed by atoms with Crippen molar-refractivity contribution in [3.8, 4) is 0 Å². The fourth-order valence-electron chi connectivity index (χ4n) is 1.73. The third-order valence-corrected chi connectivity index (χ3v) is 2.55. The van der Waals surface area contributed by atoms with E-state index in [1.54, 1.807) is 0 Å². The van der Waals surface area contributed by atoms with Gasteiger partial charge in [-0.1, -0.05) is 6.07 Å². The molecule has 1 atom stereocenters. The quantitative estimate of drug-likeness (QED) is 0.703. The largest absolute Gasteiger partial charge is 0.399 e. The molecule has 0 aromatic heterocycles. The number of nitrogens with two attached hydrogens (primary N) is 1. The molecule has 0 saturated carbocycles. The van der Waals surface area contributed by atoms with Crippen LogP contribution in [-0.2, 0) is 4.74 Å². The molecule has 1 aromatic carbocycles. The Morgan fingerprint density at radius 3 is 3.00 bits per heavy atom. The molecule has 3 nitrogen and oxygen atoms in total. The summed E-state index contributed by atoms with van der Waals surface area (Å²) in [5.74, 6) is 0. The van der Waals surface area contributed by atoms with Gasteiger partial charge in [0.2, 0.25) is 0 Å². The van der Waals surface area contributed by atoms with Gasteiger partial charge in [-0.3, -0.25) is 0 Å². The number of nitrogen functional groups attached to an aromatic ring is 1. The van der Waals surface area contributed by atoms with Crippen molar-refractivity contribution < 1.29 is 4.74 Å². The van der Waals surface area contributed by atoms with E-state index in [0.717, 1.165) is 31.0 Å². The molecule has 0 radical (unpaired) electrons. The number of hydrogen-bond acceptors (Lipinski definition) is 3. The summed E-state index contributed by atoms with van der Waals surface area (Å²) in [6.45, 7) is 3.77. The fourth-order valence-corrected chi connectivity index (χ4v) is 1.73. The van der Waals surface area contributed by atoms with Crippen molar-refractivity contribution in [2.75, 3.05) is 24.3 Å². The normalized spacial score (nSPS) is 26.4. The highest BCUT2D eigenvalue weighted by molar-refractivity contribution is 5.55. The van der Waals surface area contributed by atoms with Crippen LogP contribution in [0, 0.1) is 0 Å². The molecule has 2 rings (SSSR count). The Labute approximate surface area is 84.3 Å². The number of ether oxygens (including phenoxy) is 1. The first kappa shape index (κ1) is 9.34. The van der Waals surface area contributed by atoms with Crippen molar-refractivity contribution in [2.24, 2.45) is 0 Å². The van der Waals surface area contributed by atoms with Crippen molar-refractivity contribution >= 4 is 11.4 Å². The molecular formula is C11H16N2O. The Hall–Kier alpha value is -1.22. The number of nitrogens with one attached hydrogen (secondary N) is 1. The van der Waals surface area contributed by atoms with Crippen LogP contribution in [0.5, 0.6) is 0 Å². The van der Waals surface area contributed by atoms with Crippen LogP contribution in [0.15, 0.2) is 24.3 Å². The molecule has 1 aromatic rings. The van der Waals surface area contributed by atoms with Gasteiger partial charge in [0, 0.05) is 18.0 Å². The summed E-state index contributed by atoms with van der Waals surface area (Å²) in [4.78, 5) is 0. The average Bonchev–Trinajstić information content (AvgIpc) is 2.51. The Kier molecular flexibility index (Phi) is 2.33. The maximum Gasteiger partial charge on any atom is 0.0694 e. The van der Waals surface area contributed by atoms with Crippen LogP contribution < -0.4 is 11.1 Å². The highest BCUT2D eigenvalue weighted by Crippen LogP contribution is 2.24. The lowest BCUT2D eigenvalue weighted by atomic mass is 10.0. The Morgan fingerprint density at radius 2 is 2.36 bits per heavy atom. The predicted octanol–water partition coefficient (Wildman–Crippen LogP) is 1.86. The standard InChI is InChI=1S/C11H16N2O/c1-11(5-6-14-8-11)13-10-4-2-3-9(12)7-10/h2-4,7,13H,5-6,8,12H2,1H3. The van der Waals surface area contributed by atoms with Crippen LogP contribution in [0.4, 0.5) is 11.4 Å². The molecule has 1 heterocycles. The van der Waals surface area contributed by atoms with E-state index < -0.39 is 0 Å². The molecule has 1 aliphatic rings. The summed E-state index contributed by atoms with van der Waals surface area (Å²) < 4.78 is 5.37. The van der Waals surface area contributed by atoms with Crippen molar-refractivity contribution in [1.82, 2.24) is 0 Å². The third-order valence-electron chi connectivity index (χ3n) is 2.55. The second-order valence-corrected chi connectivity index (χ2v) is 4.11. The van der Waals surface area contributed by atoms with E-state index in [1.807, 2.05) is 24.3 Å². The van der Waals surface area contributed by atoms with E-state index in [2.05, 4.69) is 12.2 Å². The van der Waals surface area contributed by atoms with Crippen molar-refractivity contribution in [3.05, 3.63) is 24.3 Å². The summed E-state index contributed by atoms with van der Waals surface area (Å²) in [6.07, 6.45) is 1.04. The van der Waals surface area contributed by atoms with Gasteiger partial charge >= 0.3 is 0 Å². The highest BCUT2D eigenvalue weighted by Gasteiger charge is 2.29. The van der Waals surface area contributed by atoms with Crippen LogP contribution in [0.2, 0.25) is 0 Å². The van der Waals surface area contributed by atoms with E-state index in [9.17, 15) is 0 Å². The summed E-state index contributed by atoms with van der Waals surface area (Å²) in [7, 11) is 0. The summed E-state index contributed by atoms with van der Waals surface area (Å²) >= 11 is 0. The van der Waals surface area contributed by atoms with Crippen LogP contribution in [0.1, 0.15) is 13.3 Å². The van der Waals surface area contributed by atoms with Gasteiger partial charge in [0.1, 0.15) is 0 Å². The molecule has 3 heteroatoms. The monoisotopic (exact) mass is 192 g/mol. The highest BCUT2D eigenvalue weighted by atomic mass is 16.5. The first-order chi connectivity index (χ1) is 6.68. The molecule has 14 heavy (non-hydrogen) atoms. The Balaban J connectivity index is 2.10. The third kappa shape index (κ3) is 1.99. The lowest BCUT2D eigenvalue weighted by molar-refractivity contribution is 0.185. The van der Waals surface area contributed by atoms with E-state index in [4.69, 9.17) is 10.5 Å². The maximum absolute atomic E-state index is 5.70. The second-order valence-electron chi connectivity index (χ2n) is 4.11. The SMILES string of the molecule is CC1(Nc2cccc(N)c2)CCOC1. The van der Waals surface area contributed by atoms with E-state index in [-0.39, 0.29) is 5.54 Å². The molecule has 0 amide bonds. The van der Waals surface area contributed by atoms with Crippen molar-refractivity contribution in [3.63, 3.8) is 0 Å². The molecule has 76 valence electrons. The Bertz CT molecular complexity index is 319. The minimum atomic E-state index is 0.0633. The van der Waals surface area contributed by atoms with Crippen LogP contribution in [-0.4, -0.2) is 18.8 Å². The molecule has 0 spiro atoms.